The summed E-state index contributed by atoms with van der Waals surface area (Å²) in [4.78, 5) is 24.7. The molecule has 1 N–H and O–H groups in total. The lowest BCUT2D eigenvalue weighted by atomic mass is 10.1. The molecule has 2 aromatic rings. The number of amides is 1. The highest BCUT2D eigenvalue weighted by atomic mass is 35.5. The third-order valence-electron chi connectivity index (χ3n) is 3.72. The van der Waals surface area contributed by atoms with E-state index in [-0.39, 0.29) is 34.7 Å². The number of carbonyl (C=O) groups is 2. The Morgan fingerprint density at radius 2 is 1.65 bits per heavy atom. The van der Waals surface area contributed by atoms with E-state index in [0.29, 0.717) is 11.3 Å². The predicted octanol–water partition coefficient (Wildman–Crippen LogP) is 2.87. The molecule has 138 valence electrons. The zero-order valence-corrected chi connectivity index (χ0v) is 16.0. The summed E-state index contributed by atoms with van der Waals surface area (Å²) in [6, 6.07) is 12.7. The number of Topliss-reactive ketones (excluding diaryl/α,β-unsaturated/α-hetero) is 1. The van der Waals surface area contributed by atoms with Gasteiger partial charge in [-0.25, -0.2) is 13.1 Å². The molecule has 0 spiro atoms. The van der Waals surface area contributed by atoms with Crippen LogP contribution in [0.3, 0.4) is 0 Å². The van der Waals surface area contributed by atoms with E-state index in [1.54, 1.807) is 36.4 Å². The van der Waals surface area contributed by atoms with E-state index in [0.717, 1.165) is 0 Å². The number of carbonyl (C=O) groups excluding carboxylic acids is 2. The minimum atomic E-state index is -3.78. The third-order valence-corrected chi connectivity index (χ3v) is 5.68. The summed E-state index contributed by atoms with van der Waals surface area (Å²) in [5.41, 5.74) is 1.12. The van der Waals surface area contributed by atoms with E-state index in [1.807, 2.05) is 0 Å². The summed E-state index contributed by atoms with van der Waals surface area (Å²) in [6.07, 6.45) is 0. The van der Waals surface area contributed by atoms with Crippen molar-refractivity contribution in [2.45, 2.75) is 18.7 Å². The van der Waals surface area contributed by atoms with Crippen molar-refractivity contribution in [3.63, 3.8) is 0 Å². The summed E-state index contributed by atoms with van der Waals surface area (Å²) in [7, 11) is -3.78. The van der Waals surface area contributed by atoms with E-state index < -0.39 is 10.0 Å². The van der Waals surface area contributed by atoms with Crippen LogP contribution in [0.4, 0.5) is 5.69 Å². The topological polar surface area (TPSA) is 83.6 Å². The van der Waals surface area contributed by atoms with Crippen LogP contribution in [0.1, 0.15) is 24.2 Å². The van der Waals surface area contributed by atoms with Gasteiger partial charge in [-0.1, -0.05) is 23.7 Å². The molecule has 0 heterocycles. The molecule has 0 radical (unpaired) electrons. The van der Waals surface area contributed by atoms with Crippen LogP contribution in [0.25, 0.3) is 0 Å². The highest BCUT2D eigenvalue weighted by Gasteiger charge is 2.18. The van der Waals surface area contributed by atoms with Crippen molar-refractivity contribution in [2.24, 2.45) is 0 Å². The Bertz CT molecular complexity index is 911. The Morgan fingerprint density at radius 1 is 1.04 bits per heavy atom. The van der Waals surface area contributed by atoms with Crippen molar-refractivity contribution in [3.05, 3.63) is 59.1 Å². The molecular formula is C18H19ClN2O4S. The molecule has 2 aromatic carbocycles. The maximum Gasteiger partial charge on any atom is 0.242 e. The van der Waals surface area contributed by atoms with Gasteiger partial charge in [-0.15, -0.1) is 0 Å². The zero-order chi connectivity index (χ0) is 19.3. The largest absolute Gasteiger partial charge is 0.311 e. The molecule has 0 saturated heterocycles. The summed E-state index contributed by atoms with van der Waals surface area (Å²) in [5, 5.41) is 0.128. The standard InChI is InChI=1S/C18H19ClN2O4S/c1-13(22)15-7-9-16(10-8-15)21(14(2)23)12-11-20-26(24,25)18-6-4-3-5-17(18)19/h3-10,20H,11-12H2,1-2H3. The maximum absolute atomic E-state index is 12.3. The van der Waals surface area contributed by atoms with Crippen LogP contribution in [-0.2, 0) is 14.8 Å². The van der Waals surface area contributed by atoms with Gasteiger partial charge in [-0.2, -0.15) is 0 Å². The third kappa shape index (κ3) is 4.91. The Labute approximate surface area is 157 Å². The normalized spacial score (nSPS) is 11.2. The van der Waals surface area contributed by atoms with Gasteiger partial charge in [0.15, 0.2) is 5.78 Å². The highest BCUT2D eigenvalue weighted by Crippen LogP contribution is 2.20. The Hall–Kier alpha value is -2.22. The van der Waals surface area contributed by atoms with Crippen molar-refractivity contribution in [2.75, 3.05) is 18.0 Å². The van der Waals surface area contributed by atoms with Gasteiger partial charge in [0.25, 0.3) is 0 Å². The second kappa shape index (κ2) is 8.44. The van der Waals surface area contributed by atoms with Crippen LogP contribution < -0.4 is 9.62 Å². The molecule has 6 nitrogen and oxygen atoms in total. The number of hydrogen-bond acceptors (Lipinski definition) is 4. The van der Waals surface area contributed by atoms with Crippen LogP contribution in [0.15, 0.2) is 53.4 Å². The molecule has 0 saturated carbocycles. The fraction of sp³-hybridized carbons (Fsp3) is 0.222. The average molecular weight is 395 g/mol. The summed E-state index contributed by atoms with van der Waals surface area (Å²) in [5.74, 6) is -0.309. The van der Waals surface area contributed by atoms with Gasteiger partial charge in [0.05, 0.1) is 5.02 Å². The molecule has 0 aliphatic heterocycles. The number of rotatable bonds is 7. The molecule has 0 bridgehead atoms. The number of anilines is 1. The number of halogens is 1. The molecule has 1 amide bonds. The SMILES string of the molecule is CC(=O)c1ccc(N(CCNS(=O)(=O)c2ccccc2Cl)C(C)=O)cc1. The van der Waals surface area contributed by atoms with Crippen LogP contribution in [0, 0.1) is 0 Å². The molecule has 0 fully saturated rings. The Morgan fingerprint density at radius 3 is 2.19 bits per heavy atom. The van der Waals surface area contributed by atoms with Gasteiger partial charge in [0.1, 0.15) is 4.90 Å². The van der Waals surface area contributed by atoms with E-state index in [9.17, 15) is 18.0 Å². The fourth-order valence-corrected chi connectivity index (χ4v) is 3.92. The lowest BCUT2D eigenvalue weighted by molar-refractivity contribution is -0.116. The maximum atomic E-state index is 12.3. The summed E-state index contributed by atoms with van der Waals surface area (Å²) < 4.78 is 27.1. The van der Waals surface area contributed by atoms with Crippen LogP contribution in [-0.4, -0.2) is 33.2 Å². The van der Waals surface area contributed by atoms with Crippen LogP contribution in [0.2, 0.25) is 5.02 Å². The fourth-order valence-electron chi connectivity index (χ4n) is 2.38. The molecule has 0 atom stereocenters. The first-order chi connectivity index (χ1) is 12.2. The average Bonchev–Trinajstić information content (AvgIpc) is 2.58. The zero-order valence-electron chi connectivity index (χ0n) is 14.4. The van der Waals surface area contributed by atoms with Gasteiger partial charge in [-0.3, -0.25) is 9.59 Å². The quantitative estimate of drug-likeness (QED) is 0.732. The molecular weight excluding hydrogens is 376 g/mol. The van der Waals surface area contributed by atoms with Gasteiger partial charge in [0.2, 0.25) is 15.9 Å². The van der Waals surface area contributed by atoms with Gasteiger partial charge in [0, 0.05) is 31.3 Å². The second-order valence-corrected chi connectivity index (χ2v) is 7.74. The van der Waals surface area contributed by atoms with E-state index in [1.165, 1.54) is 30.9 Å². The second-order valence-electron chi connectivity index (χ2n) is 5.60. The van der Waals surface area contributed by atoms with Crippen molar-refractivity contribution >= 4 is 39.0 Å². The minimum absolute atomic E-state index is 0.0122. The van der Waals surface area contributed by atoms with Crippen LogP contribution >= 0.6 is 11.6 Å². The highest BCUT2D eigenvalue weighted by molar-refractivity contribution is 7.89. The van der Waals surface area contributed by atoms with Crippen molar-refractivity contribution < 1.29 is 18.0 Å². The summed E-state index contributed by atoms with van der Waals surface area (Å²) in [6.45, 7) is 3.00. The molecule has 0 aromatic heterocycles. The molecule has 0 aliphatic rings. The van der Waals surface area contributed by atoms with Crippen LogP contribution in [0.5, 0.6) is 0 Å². The molecule has 0 unspecified atom stereocenters. The smallest absolute Gasteiger partial charge is 0.242 e. The number of ketones is 1. The monoisotopic (exact) mass is 394 g/mol. The predicted molar refractivity (Wildman–Crippen MR) is 101 cm³/mol. The number of benzene rings is 2. The first kappa shape index (κ1) is 20.1. The Kier molecular flexibility index (Phi) is 6.52. The molecule has 8 heteroatoms. The molecule has 0 aliphatic carbocycles. The first-order valence-corrected chi connectivity index (χ1v) is 9.72. The summed E-state index contributed by atoms with van der Waals surface area (Å²) >= 11 is 5.93. The number of hydrogen-bond donors (Lipinski definition) is 1. The van der Waals surface area contributed by atoms with Crippen molar-refractivity contribution in [1.82, 2.24) is 4.72 Å². The van der Waals surface area contributed by atoms with Crippen molar-refractivity contribution in [1.29, 1.82) is 0 Å². The number of nitrogens with zero attached hydrogens (tertiary/aromatic N) is 1. The first-order valence-electron chi connectivity index (χ1n) is 7.85. The molecule has 26 heavy (non-hydrogen) atoms. The lowest BCUT2D eigenvalue weighted by Crippen LogP contribution is -2.37. The minimum Gasteiger partial charge on any atom is -0.311 e. The van der Waals surface area contributed by atoms with Gasteiger partial charge < -0.3 is 4.90 Å². The number of nitrogens with one attached hydrogen (secondary N) is 1. The van der Waals surface area contributed by atoms with Crippen molar-refractivity contribution in [3.8, 4) is 0 Å². The van der Waals surface area contributed by atoms with E-state index >= 15 is 0 Å². The Balaban J connectivity index is 2.08. The van der Waals surface area contributed by atoms with Gasteiger partial charge >= 0.3 is 0 Å². The number of sulfonamides is 1. The van der Waals surface area contributed by atoms with E-state index in [4.69, 9.17) is 11.6 Å². The van der Waals surface area contributed by atoms with Gasteiger partial charge in [-0.05, 0) is 43.3 Å². The lowest BCUT2D eigenvalue weighted by Gasteiger charge is -2.21. The molecule has 2 rings (SSSR count). The van der Waals surface area contributed by atoms with E-state index in [2.05, 4.69) is 4.72 Å².